The summed E-state index contributed by atoms with van der Waals surface area (Å²) in [6.45, 7) is 0.697. The van der Waals surface area contributed by atoms with Crippen molar-refractivity contribution >= 4 is 16.9 Å². The summed E-state index contributed by atoms with van der Waals surface area (Å²) in [4.78, 5) is 14.1. The van der Waals surface area contributed by atoms with Crippen LogP contribution in [0.4, 0.5) is 0 Å². The van der Waals surface area contributed by atoms with E-state index in [-0.39, 0.29) is 0 Å². The summed E-state index contributed by atoms with van der Waals surface area (Å²) in [5, 5.41) is 9.96. The molecule has 4 heteroatoms. The molecule has 1 aromatic heterocycles. The van der Waals surface area contributed by atoms with Crippen molar-refractivity contribution in [3.8, 4) is 0 Å². The lowest BCUT2D eigenvalue weighted by Crippen LogP contribution is -1.99. The van der Waals surface area contributed by atoms with Gasteiger partial charge in [0.1, 0.15) is 0 Å². The molecular formula is C13H16N2O2. The van der Waals surface area contributed by atoms with Crippen LogP contribution in [0.1, 0.15) is 28.8 Å². The zero-order chi connectivity index (χ0) is 12.3. The summed E-state index contributed by atoms with van der Waals surface area (Å²) in [6, 6.07) is 5.15. The van der Waals surface area contributed by atoms with Gasteiger partial charge in [0.2, 0.25) is 0 Å². The molecule has 0 radical (unpaired) electrons. The van der Waals surface area contributed by atoms with Crippen molar-refractivity contribution in [1.29, 1.82) is 0 Å². The molecule has 0 unspecified atom stereocenters. The molecule has 1 heterocycles. The molecule has 4 N–H and O–H groups in total. The molecule has 0 saturated heterocycles. The van der Waals surface area contributed by atoms with Gasteiger partial charge in [-0.05, 0) is 49.6 Å². The average molecular weight is 232 g/mol. The number of aromatic amines is 1. The number of carbonyl (C=O) groups is 1. The molecule has 0 aliphatic heterocycles. The van der Waals surface area contributed by atoms with Crippen molar-refractivity contribution in [2.24, 2.45) is 5.73 Å². The van der Waals surface area contributed by atoms with Crippen LogP contribution in [0.2, 0.25) is 0 Å². The lowest BCUT2D eigenvalue weighted by molar-refractivity contribution is 0.0697. The molecule has 0 bridgehead atoms. The fraction of sp³-hybridized carbons (Fsp3) is 0.308. The summed E-state index contributed by atoms with van der Waals surface area (Å²) in [6.07, 6.45) is 4.90. The predicted molar refractivity (Wildman–Crippen MR) is 67.3 cm³/mol. The largest absolute Gasteiger partial charge is 0.478 e. The van der Waals surface area contributed by atoms with Gasteiger partial charge < -0.3 is 15.8 Å². The summed E-state index contributed by atoms with van der Waals surface area (Å²) < 4.78 is 0. The van der Waals surface area contributed by atoms with Gasteiger partial charge >= 0.3 is 5.97 Å². The number of H-pyrrole nitrogens is 1. The van der Waals surface area contributed by atoms with Crippen LogP contribution in [0.15, 0.2) is 24.4 Å². The second-order valence-electron chi connectivity index (χ2n) is 4.13. The molecule has 4 nitrogen and oxygen atoms in total. The number of aromatic carboxylic acids is 1. The number of benzene rings is 1. The molecule has 0 saturated carbocycles. The third kappa shape index (κ3) is 2.47. The van der Waals surface area contributed by atoms with Crippen LogP contribution in [0, 0.1) is 0 Å². The zero-order valence-corrected chi connectivity index (χ0v) is 9.57. The molecule has 90 valence electrons. The second-order valence-corrected chi connectivity index (χ2v) is 4.13. The van der Waals surface area contributed by atoms with E-state index in [0.717, 1.165) is 35.7 Å². The van der Waals surface area contributed by atoms with E-state index < -0.39 is 5.97 Å². The first kappa shape index (κ1) is 11.7. The Balaban J connectivity index is 2.30. The van der Waals surface area contributed by atoms with Crippen molar-refractivity contribution in [3.63, 3.8) is 0 Å². The fourth-order valence-corrected chi connectivity index (χ4v) is 1.98. The van der Waals surface area contributed by atoms with E-state index in [1.807, 2.05) is 12.3 Å². The Morgan fingerprint density at radius 2 is 2.18 bits per heavy atom. The maximum atomic E-state index is 10.9. The van der Waals surface area contributed by atoms with E-state index in [1.54, 1.807) is 12.1 Å². The lowest BCUT2D eigenvalue weighted by Gasteiger charge is -2.00. The van der Waals surface area contributed by atoms with Gasteiger partial charge in [-0.3, -0.25) is 0 Å². The van der Waals surface area contributed by atoms with Crippen LogP contribution in [0.25, 0.3) is 10.9 Å². The Bertz CT molecular complexity index is 531. The number of aryl methyl sites for hydroxylation is 1. The SMILES string of the molecule is NCCCCc1c[nH]c2ccc(C(=O)O)cc12. The molecule has 2 aromatic rings. The van der Waals surface area contributed by atoms with Gasteiger partial charge in [-0.15, -0.1) is 0 Å². The third-order valence-electron chi connectivity index (χ3n) is 2.91. The normalized spacial score (nSPS) is 10.9. The van der Waals surface area contributed by atoms with Crippen molar-refractivity contribution < 1.29 is 9.90 Å². The molecule has 0 spiro atoms. The monoisotopic (exact) mass is 232 g/mol. The number of carboxylic acids is 1. The molecule has 17 heavy (non-hydrogen) atoms. The number of carboxylic acid groups (broad SMARTS) is 1. The van der Waals surface area contributed by atoms with Crippen LogP contribution in [-0.2, 0) is 6.42 Å². The van der Waals surface area contributed by atoms with Crippen molar-refractivity contribution in [1.82, 2.24) is 4.98 Å². The Hall–Kier alpha value is -1.81. The molecule has 0 amide bonds. The minimum Gasteiger partial charge on any atom is -0.478 e. The molecule has 0 aliphatic carbocycles. The highest BCUT2D eigenvalue weighted by molar-refractivity contribution is 5.94. The van der Waals surface area contributed by atoms with E-state index in [4.69, 9.17) is 10.8 Å². The number of hydrogen-bond donors (Lipinski definition) is 3. The third-order valence-corrected chi connectivity index (χ3v) is 2.91. The van der Waals surface area contributed by atoms with Gasteiger partial charge in [0, 0.05) is 17.1 Å². The Morgan fingerprint density at radius 1 is 1.35 bits per heavy atom. The first-order chi connectivity index (χ1) is 8.22. The Kier molecular flexibility index (Phi) is 3.44. The van der Waals surface area contributed by atoms with E-state index in [0.29, 0.717) is 12.1 Å². The molecular weight excluding hydrogens is 216 g/mol. The summed E-state index contributed by atoms with van der Waals surface area (Å²) in [5.74, 6) is -0.888. The molecule has 0 aliphatic rings. The zero-order valence-electron chi connectivity index (χ0n) is 9.57. The minimum atomic E-state index is -0.888. The van der Waals surface area contributed by atoms with Crippen LogP contribution in [0.3, 0.4) is 0 Å². The topological polar surface area (TPSA) is 79.1 Å². The average Bonchev–Trinajstić information content (AvgIpc) is 2.72. The number of nitrogens with one attached hydrogen (secondary N) is 1. The first-order valence-electron chi connectivity index (χ1n) is 5.75. The number of unbranched alkanes of at least 4 members (excludes halogenated alkanes) is 1. The highest BCUT2D eigenvalue weighted by atomic mass is 16.4. The van der Waals surface area contributed by atoms with Crippen molar-refractivity contribution in [2.45, 2.75) is 19.3 Å². The predicted octanol–water partition coefficient (Wildman–Crippen LogP) is 2.15. The van der Waals surface area contributed by atoms with E-state index in [2.05, 4.69) is 4.98 Å². The van der Waals surface area contributed by atoms with E-state index in [9.17, 15) is 4.79 Å². The summed E-state index contributed by atoms with van der Waals surface area (Å²) in [5.41, 5.74) is 7.94. The van der Waals surface area contributed by atoms with Crippen LogP contribution < -0.4 is 5.73 Å². The minimum absolute atomic E-state index is 0.331. The maximum Gasteiger partial charge on any atom is 0.335 e. The Morgan fingerprint density at radius 3 is 2.88 bits per heavy atom. The highest BCUT2D eigenvalue weighted by Gasteiger charge is 2.07. The van der Waals surface area contributed by atoms with Crippen molar-refractivity contribution in [2.75, 3.05) is 6.54 Å². The van der Waals surface area contributed by atoms with Gasteiger partial charge in [-0.25, -0.2) is 4.79 Å². The number of aromatic nitrogens is 1. The molecule has 0 fully saturated rings. The van der Waals surface area contributed by atoms with Gasteiger partial charge in [-0.2, -0.15) is 0 Å². The summed E-state index contributed by atoms with van der Waals surface area (Å²) in [7, 11) is 0. The number of rotatable bonds is 5. The second kappa shape index (κ2) is 5.01. The number of fused-ring (bicyclic) bond motifs is 1. The maximum absolute atomic E-state index is 10.9. The van der Waals surface area contributed by atoms with Crippen LogP contribution >= 0.6 is 0 Å². The summed E-state index contributed by atoms with van der Waals surface area (Å²) >= 11 is 0. The van der Waals surface area contributed by atoms with Crippen LogP contribution in [-0.4, -0.2) is 22.6 Å². The smallest absolute Gasteiger partial charge is 0.335 e. The molecule has 0 atom stereocenters. The molecule has 1 aromatic carbocycles. The van der Waals surface area contributed by atoms with Crippen molar-refractivity contribution in [3.05, 3.63) is 35.5 Å². The van der Waals surface area contributed by atoms with Crippen LogP contribution in [0.5, 0.6) is 0 Å². The van der Waals surface area contributed by atoms with Gasteiger partial charge in [-0.1, -0.05) is 0 Å². The van der Waals surface area contributed by atoms with Gasteiger partial charge in [0.05, 0.1) is 5.56 Å². The number of nitrogens with two attached hydrogens (primary N) is 1. The van der Waals surface area contributed by atoms with Gasteiger partial charge in [0.25, 0.3) is 0 Å². The van der Waals surface area contributed by atoms with Gasteiger partial charge in [0.15, 0.2) is 0 Å². The van der Waals surface area contributed by atoms with E-state index in [1.165, 1.54) is 0 Å². The van der Waals surface area contributed by atoms with E-state index >= 15 is 0 Å². The Labute approximate surface area is 99.4 Å². The number of hydrogen-bond acceptors (Lipinski definition) is 2. The highest BCUT2D eigenvalue weighted by Crippen LogP contribution is 2.21. The quantitative estimate of drug-likeness (QED) is 0.691. The standard InChI is InChI=1S/C13H16N2O2/c14-6-2-1-3-10-8-15-12-5-4-9(13(16)17)7-11(10)12/h4-5,7-8,15H,1-3,6,14H2,(H,16,17). The molecule has 2 rings (SSSR count). The first-order valence-corrected chi connectivity index (χ1v) is 5.75. The fourth-order valence-electron chi connectivity index (χ4n) is 1.98. The lowest BCUT2D eigenvalue weighted by atomic mass is 10.1.